The maximum Gasteiger partial charge on any atom is 0.163 e. The van der Waals surface area contributed by atoms with Gasteiger partial charge in [-0.05, 0) is 0 Å². The summed E-state index contributed by atoms with van der Waals surface area (Å²) in [4.78, 5) is 7.86. The number of fused-ring (bicyclic) bond motifs is 1. The molecule has 0 N–H and O–H groups in total. The molecule has 0 aliphatic carbocycles. The first kappa shape index (κ1) is 8.02. The minimum atomic E-state index is 0.386. The van der Waals surface area contributed by atoms with Gasteiger partial charge in [0.05, 0.1) is 11.6 Å². The maximum absolute atomic E-state index is 5.81. The van der Waals surface area contributed by atoms with Gasteiger partial charge in [-0.25, -0.2) is 14.6 Å². The van der Waals surface area contributed by atoms with Gasteiger partial charge < -0.3 is 0 Å². The number of halogens is 1. The van der Waals surface area contributed by atoms with Gasteiger partial charge >= 0.3 is 0 Å². The van der Waals surface area contributed by atoms with E-state index >= 15 is 0 Å². The lowest BCUT2D eigenvalue weighted by molar-refractivity contribution is 0.733. The molecular weight excluding hydrogens is 188 g/mol. The molecule has 4 nitrogen and oxygen atoms in total. The molecule has 0 aliphatic heterocycles. The zero-order valence-electron chi connectivity index (χ0n) is 6.61. The number of terminal acetylenes is 1. The Morgan fingerprint density at radius 3 is 3.15 bits per heavy atom. The highest BCUT2D eigenvalue weighted by atomic mass is 35.5. The van der Waals surface area contributed by atoms with Crippen molar-refractivity contribution in [1.82, 2.24) is 19.7 Å². The van der Waals surface area contributed by atoms with Gasteiger partial charge in [-0.2, -0.15) is 5.10 Å². The highest BCUT2D eigenvalue weighted by molar-refractivity contribution is 6.33. The van der Waals surface area contributed by atoms with Gasteiger partial charge in [0.25, 0.3) is 0 Å². The molecule has 5 heteroatoms. The third-order valence-electron chi connectivity index (χ3n) is 1.63. The Labute approximate surface area is 79.6 Å². The number of nitrogens with zero attached hydrogens (tertiary/aromatic N) is 4. The number of rotatable bonds is 1. The highest BCUT2D eigenvalue weighted by Gasteiger charge is 2.06. The summed E-state index contributed by atoms with van der Waals surface area (Å²) < 4.78 is 1.60. The number of hydrogen-bond acceptors (Lipinski definition) is 3. The van der Waals surface area contributed by atoms with Gasteiger partial charge in [-0.3, -0.25) is 0 Å². The Kier molecular flexibility index (Phi) is 1.87. The van der Waals surface area contributed by atoms with E-state index in [4.69, 9.17) is 18.0 Å². The van der Waals surface area contributed by atoms with Gasteiger partial charge in [0.2, 0.25) is 0 Å². The second-order valence-corrected chi connectivity index (χ2v) is 2.77. The van der Waals surface area contributed by atoms with Crippen molar-refractivity contribution in [2.75, 3.05) is 0 Å². The largest absolute Gasteiger partial charge is 0.235 e. The summed E-state index contributed by atoms with van der Waals surface area (Å²) in [6.07, 6.45) is 8.16. The number of hydrogen-bond donors (Lipinski definition) is 0. The molecule has 2 aromatic heterocycles. The standard InChI is InChI=1S/C8H5ClN4/c1-2-3-13-8-6(4-12-13)7(9)10-5-11-8/h1,4-5H,3H2. The summed E-state index contributed by atoms with van der Waals surface area (Å²) >= 11 is 5.81. The van der Waals surface area contributed by atoms with Crippen LogP contribution in [0, 0.1) is 12.3 Å². The Hall–Kier alpha value is -1.60. The summed E-state index contributed by atoms with van der Waals surface area (Å²) in [6, 6.07) is 0. The molecule has 64 valence electrons. The summed E-state index contributed by atoms with van der Waals surface area (Å²) in [6.45, 7) is 0.386. The average Bonchev–Trinajstić information content (AvgIpc) is 2.51. The second kappa shape index (κ2) is 3.04. The van der Waals surface area contributed by atoms with E-state index in [1.165, 1.54) is 6.33 Å². The highest BCUT2D eigenvalue weighted by Crippen LogP contribution is 2.17. The fourth-order valence-electron chi connectivity index (χ4n) is 1.07. The van der Waals surface area contributed by atoms with E-state index in [-0.39, 0.29) is 0 Å². The quantitative estimate of drug-likeness (QED) is 0.502. The van der Waals surface area contributed by atoms with E-state index in [1.54, 1.807) is 10.9 Å². The van der Waals surface area contributed by atoms with Crippen molar-refractivity contribution in [3.8, 4) is 12.3 Å². The minimum absolute atomic E-state index is 0.386. The first-order chi connectivity index (χ1) is 6.33. The first-order valence-corrected chi connectivity index (χ1v) is 3.96. The molecule has 0 saturated heterocycles. The van der Waals surface area contributed by atoms with Crippen LogP contribution in [0.3, 0.4) is 0 Å². The molecule has 0 spiro atoms. The predicted octanol–water partition coefficient (Wildman–Crippen LogP) is 1.11. The van der Waals surface area contributed by atoms with E-state index < -0.39 is 0 Å². The van der Waals surface area contributed by atoms with Crippen LogP contribution in [-0.4, -0.2) is 19.7 Å². The minimum Gasteiger partial charge on any atom is -0.235 e. The smallest absolute Gasteiger partial charge is 0.163 e. The first-order valence-electron chi connectivity index (χ1n) is 3.58. The van der Waals surface area contributed by atoms with Crippen molar-refractivity contribution < 1.29 is 0 Å². The molecule has 13 heavy (non-hydrogen) atoms. The zero-order chi connectivity index (χ0) is 9.26. The van der Waals surface area contributed by atoms with Gasteiger partial charge in [0.15, 0.2) is 5.65 Å². The molecule has 0 amide bonds. The van der Waals surface area contributed by atoms with E-state index in [0.29, 0.717) is 17.3 Å². The fraction of sp³-hybridized carbons (Fsp3) is 0.125. The van der Waals surface area contributed by atoms with E-state index in [9.17, 15) is 0 Å². The molecular formula is C8H5ClN4. The van der Waals surface area contributed by atoms with Crippen molar-refractivity contribution in [2.45, 2.75) is 6.54 Å². The van der Waals surface area contributed by atoms with E-state index in [2.05, 4.69) is 21.0 Å². The van der Waals surface area contributed by atoms with Crippen LogP contribution in [0.1, 0.15) is 0 Å². The molecule has 2 rings (SSSR count). The average molecular weight is 193 g/mol. The Morgan fingerprint density at radius 2 is 2.38 bits per heavy atom. The normalized spacial score (nSPS) is 10.2. The molecule has 0 unspecified atom stereocenters. The molecule has 0 saturated carbocycles. The third kappa shape index (κ3) is 1.23. The van der Waals surface area contributed by atoms with Crippen LogP contribution in [-0.2, 0) is 6.54 Å². The monoisotopic (exact) mass is 192 g/mol. The summed E-state index contributed by atoms with van der Waals surface area (Å²) in [7, 11) is 0. The zero-order valence-corrected chi connectivity index (χ0v) is 7.36. The topological polar surface area (TPSA) is 43.6 Å². The van der Waals surface area contributed by atoms with E-state index in [1.807, 2.05) is 0 Å². The van der Waals surface area contributed by atoms with Crippen molar-refractivity contribution in [3.05, 3.63) is 17.7 Å². The van der Waals surface area contributed by atoms with Crippen molar-refractivity contribution in [3.63, 3.8) is 0 Å². The lowest BCUT2D eigenvalue weighted by Gasteiger charge is -1.95. The maximum atomic E-state index is 5.81. The third-order valence-corrected chi connectivity index (χ3v) is 1.93. The van der Waals surface area contributed by atoms with Gasteiger partial charge in [0, 0.05) is 0 Å². The van der Waals surface area contributed by atoms with Crippen LogP contribution in [0.15, 0.2) is 12.5 Å². The number of aromatic nitrogens is 4. The van der Waals surface area contributed by atoms with Crippen LogP contribution in [0.4, 0.5) is 0 Å². The molecule has 2 aromatic rings. The van der Waals surface area contributed by atoms with Crippen molar-refractivity contribution >= 4 is 22.6 Å². The molecule has 0 atom stereocenters. The van der Waals surface area contributed by atoms with Crippen LogP contribution < -0.4 is 0 Å². The fourth-order valence-corrected chi connectivity index (χ4v) is 1.24. The van der Waals surface area contributed by atoms with Gasteiger partial charge in [0.1, 0.15) is 18.0 Å². The lowest BCUT2D eigenvalue weighted by Crippen LogP contribution is -1.98. The Morgan fingerprint density at radius 1 is 1.54 bits per heavy atom. The molecule has 0 aliphatic rings. The van der Waals surface area contributed by atoms with Crippen molar-refractivity contribution in [2.24, 2.45) is 0 Å². The Bertz CT molecular complexity index is 482. The second-order valence-electron chi connectivity index (χ2n) is 2.41. The van der Waals surface area contributed by atoms with Gasteiger partial charge in [-0.15, -0.1) is 6.42 Å². The summed E-state index contributed by atoms with van der Waals surface area (Å²) in [5.74, 6) is 2.48. The van der Waals surface area contributed by atoms with Crippen LogP contribution in [0.25, 0.3) is 11.0 Å². The SMILES string of the molecule is C#CCn1ncc2c(Cl)ncnc21. The van der Waals surface area contributed by atoms with Crippen LogP contribution >= 0.6 is 11.6 Å². The molecule has 2 heterocycles. The predicted molar refractivity (Wildman–Crippen MR) is 49.2 cm³/mol. The summed E-state index contributed by atoms with van der Waals surface area (Å²) in [5, 5.41) is 5.15. The van der Waals surface area contributed by atoms with Crippen molar-refractivity contribution in [1.29, 1.82) is 0 Å². The molecule has 0 radical (unpaired) electrons. The molecule has 0 fully saturated rings. The molecule has 0 aromatic carbocycles. The lowest BCUT2D eigenvalue weighted by atomic mass is 10.4. The molecule has 0 bridgehead atoms. The summed E-state index contributed by atoms with van der Waals surface area (Å²) in [5.41, 5.74) is 0.665. The van der Waals surface area contributed by atoms with Crippen LogP contribution in [0.5, 0.6) is 0 Å². The van der Waals surface area contributed by atoms with E-state index in [0.717, 1.165) is 5.39 Å². The Balaban J connectivity index is 2.70. The van der Waals surface area contributed by atoms with Crippen LogP contribution in [0.2, 0.25) is 5.15 Å². The van der Waals surface area contributed by atoms with Gasteiger partial charge in [-0.1, -0.05) is 17.5 Å².